The second-order valence-electron chi connectivity index (χ2n) is 3.93. The molecule has 100 valence electrons. The van der Waals surface area contributed by atoms with E-state index in [0.717, 1.165) is 17.7 Å². The first kappa shape index (κ1) is 14.7. The number of ketones is 1. The molecule has 1 aromatic rings. The molecule has 1 aromatic carbocycles. The van der Waals surface area contributed by atoms with Crippen molar-refractivity contribution in [3.63, 3.8) is 0 Å². The molecule has 0 aliphatic rings. The van der Waals surface area contributed by atoms with Crippen molar-refractivity contribution in [3.05, 3.63) is 29.8 Å². The molecule has 0 bridgehead atoms. The van der Waals surface area contributed by atoms with Gasteiger partial charge in [-0.05, 0) is 24.1 Å². The minimum absolute atomic E-state index is 0.113. The van der Waals surface area contributed by atoms with Crippen LogP contribution in [-0.4, -0.2) is 39.8 Å². The number of carbonyl (C=O) groups is 1. The van der Waals surface area contributed by atoms with E-state index < -0.39 is 0 Å². The third-order valence-electron chi connectivity index (χ3n) is 2.55. The normalized spacial score (nSPS) is 10.3. The molecule has 4 nitrogen and oxygen atoms in total. The van der Waals surface area contributed by atoms with Gasteiger partial charge in [-0.1, -0.05) is 12.1 Å². The van der Waals surface area contributed by atoms with Gasteiger partial charge >= 0.3 is 0 Å². The Hall–Kier alpha value is -1.39. The Bertz CT molecular complexity index is 345. The number of carbonyl (C=O) groups excluding carboxylic acids is 1. The minimum atomic E-state index is 0.113. The van der Waals surface area contributed by atoms with Gasteiger partial charge in [-0.2, -0.15) is 0 Å². The molecular weight excluding hydrogens is 232 g/mol. The minimum Gasteiger partial charge on any atom is -0.497 e. The number of aryl methyl sites for hydroxylation is 1. The molecule has 0 spiro atoms. The van der Waals surface area contributed by atoms with Crippen molar-refractivity contribution in [3.8, 4) is 5.75 Å². The first-order valence-electron chi connectivity index (χ1n) is 5.97. The summed E-state index contributed by atoms with van der Waals surface area (Å²) in [4.78, 5) is 11.5. The summed E-state index contributed by atoms with van der Waals surface area (Å²) >= 11 is 0. The Kier molecular flexibility index (Phi) is 7.06. The van der Waals surface area contributed by atoms with Gasteiger partial charge in [0.05, 0.1) is 20.3 Å². The molecular formula is C14H20O4. The van der Waals surface area contributed by atoms with E-state index in [0.29, 0.717) is 19.6 Å². The van der Waals surface area contributed by atoms with Crippen LogP contribution in [0.4, 0.5) is 0 Å². The standard InChI is InChI=1S/C14H20O4/c1-16-9-10-18-11-13(15)6-3-12-4-7-14(17-2)8-5-12/h4-5,7-8H,3,6,9-11H2,1-2H3. The molecule has 0 saturated carbocycles. The largest absolute Gasteiger partial charge is 0.497 e. The van der Waals surface area contributed by atoms with Crippen LogP contribution in [-0.2, 0) is 20.7 Å². The molecule has 0 aliphatic heterocycles. The highest BCUT2D eigenvalue weighted by molar-refractivity contribution is 5.79. The highest BCUT2D eigenvalue weighted by Gasteiger charge is 2.03. The average Bonchev–Trinajstić information content (AvgIpc) is 2.42. The predicted molar refractivity (Wildman–Crippen MR) is 69.0 cm³/mol. The molecule has 4 heteroatoms. The number of hydrogen-bond acceptors (Lipinski definition) is 4. The monoisotopic (exact) mass is 252 g/mol. The summed E-state index contributed by atoms with van der Waals surface area (Å²) in [5, 5.41) is 0. The lowest BCUT2D eigenvalue weighted by atomic mass is 10.1. The first-order valence-corrected chi connectivity index (χ1v) is 5.97. The van der Waals surface area contributed by atoms with E-state index in [2.05, 4.69) is 0 Å². The van der Waals surface area contributed by atoms with Crippen LogP contribution in [0.15, 0.2) is 24.3 Å². The first-order chi connectivity index (χ1) is 8.76. The molecule has 1 rings (SSSR count). The Balaban J connectivity index is 2.20. The van der Waals surface area contributed by atoms with Crippen LogP contribution in [0.25, 0.3) is 0 Å². The van der Waals surface area contributed by atoms with Crippen LogP contribution in [0.1, 0.15) is 12.0 Å². The predicted octanol–water partition coefficient (Wildman–Crippen LogP) is 1.86. The van der Waals surface area contributed by atoms with E-state index in [1.54, 1.807) is 14.2 Å². The Morgan fingerprint density at radius 3 is 2.44 bits per heavy atom. The van der Waals surface area contributed by atoms with Crippen molar-refractivity contribution < 1.29 is 19.0 Å². The molecule has 0 atom stereocenters. The Morgan fingerprint density at radius 2 is 1.83 bits per heavy atom. The summed E-state index contributed by atoms with van der Waals surface area (Å²) in [5.74, 6) is 0.940. The highest BCUT2D eigenvalue weighted by atomic mass is 16.5. The van der Waals surface area contributed by atoms with Crippen molar-refractivity contribution in [1.82, 2.24) is 0 Å². The van der Waals surface area contributed by atoms with Crippen molar-refractivity contribution in [2.24, 2.45) is 0 Å². The van der Waals surface area contributed by atoms with E-state index in [1.165, 1.54) is 0 Å². The summed E-state index contributed by atoms with van der Waals surface area (Å²) in [6.45, 7) is 1.15. The number of Topliss-reactive ketones (excluding diaryl/α,β-unsaturated/α-hetero) is 1. The van der Waals surface area contributed by atoms with Gasteiger partial charge in [-0.25, -0.2) is 0 Å². The summed E-state index contributed by atoms with van der Waals surface area (Å²) in [5.41, 5.74) is 1.13. The van der Waals surface area contributed by atoms with E-state index in [4.69, 9.17) is 14.2 Å². The quantitative estimate of drug-likeness (QED) is 0.629. The van der Waals surface area contributed by atoms with E-state index in [9.17, 15) is 4.79 Å². The summed E-state index contributed by atoms with van der Waals surface area (Å²) in [6.07, 6.45) is 1.23. The summed E-state index contributed by atoms with van der Waals surface area (Å²) in [7, 11) is 3.24. The molecule has 0 aliphatic carbocycles. The zero-order valence-corrected chi connectivity index (χ0v) is 11.0. The molecule has 0 amide bonds. The SMILES string of the molecule is COCCOCC(=O)CCc1ccc(OC)cc1. The molecule has 0 saturated heterocycles. The van der Waals surface area contributed by atoms with Gasteiger partial charge in [0, 0.05) is 13.5 Å². The molecule has 0 heterocycles. The molecule has 0 N–H and O–H groups in total. The fraction of sp³-hybridized carbons (Fsp3) is 0.500. The summed E-state index contributed by atoms with van der Waals surface area (Å²) in [6, 6.07) is 7.74. The number of methoxy groups -OCH3 is 2. The Labute approximate surface area is 108 Å². The van der Waals surface area contributed by atoms with Crippen molar-refractivity contribution in [1.29, 1.82) is 0 Å². The molecule has 0 radical (unpaired) electrons. The molecule has 0 aromatic heterocycles. The zero-order valence-electron chi connectivity index (χ0n) is 11.0. The maximum absolute atomic E-state index is 11.5. The van der Waals surface area contributed by atoms with Crippen LogP contribution in [0, 0.1) is 0 Å². The Morgan fingerprint density at radius 1 is 1.11 bits per heavy atom. The van der Waals surface area contributed by atoms with Gasteiger partial charge in [-0.3, -0.25) is 4.79 Å². The lowest BCUT2D eigenvalue weighted by molar-refractivity contribution is -0.123. The van der Waals surface area contributed by atoms with Gasteiger partial charge < -0.3 is 14.2 Å². The third kappa shape index (κ3) is 5.80. The number of benzene rings is 1. The molecule has 18 heavy (non-hydrogen) atoms. The van der Waals surface area contributed by atoms with Crippen LogP contribution in [0.2, 0.25) is 0 Å². The second kappa shape index (κ2) is 8.66. The maximum Gasteiger partial charge on any atom is 0.158 e. The zero-order chi connectivity index (χ0) is 13.2. The van der Waals surface area contributed by atoms with Crippen LogP contribution in [0.3, 0.4) is 0 Å². The van der Waals surface area contributed by atoms with Gasteiger partial charge in [-0.15, -0.1) is 0 Å². The fourth-order valence-electron chi connectivity index (χ4n) is 1.48. The van der Waals surface area contributed by atoms with Gasteiger partial charge in [0.25, 0.3) is 0 Å². The smallest absolute Gasteiger partial charge is 0.158 e. The highest BCUT2D eigenvalue weighted by Crippen LogP contribution is 2.12. The summed E-state index contributed by atoms with van der Waals surface area (Å²) < 4.78 is 15.1. The molecule has 0 unspecified atom stereocenters. The van der Waals surface area contributed by atoms with Gasteiger partial charge in [0.15, 0.2) is 5.78 Å². The van der Waals surface area contributed by atoms with Crippen molar-refractivity contribution >= 4 is 5.78 Å². The lowest BCUT2D eigenvalue weighted by Gasteiger charge is -2.04. The van der Waals surface area contributed by atoms with E-state index in [-0.39, 0.29) is 12.4 Å². The van der Waals surface area contributed by atoms with Crippen LogP contribution >= 0.6 is 0 Å². The second-order valence-corrected chi connectivity index (χ2v) is 3.93. The maximum atomic E-state index is 11.5. The number of rotatable bonds is 9. The average molecular weight is 252 g/mol. The lowest BCUT2D eigenvalue weighted by Crippen LogP contribution is -2.12. The van der Waals surface area contributed by atoms with Gasteiger partial charge in [0.1, 0.15) is 12.4 Å². The number of ether oxygens (including phenoxy) is 3. The van der Waals surface area contributed by atoms with Crippen molar-refractivity contribution in [2.45, 2.75) is 12.8 Å². The van der Waals surface area contributed by atoms with Crippen LogP contribution in [0.5, 0.6) is 5.75 Å². The fourth-order valence-corrected chi connectivity index (χ4v) is 1.48. The van der Waals surface area contributed by atoms with E-state index >= 15 is 0 Å². The molecule has 0 fully saturated rings. The van der Waals surface area contributed by atoms with Crippen LogP contribution < -0.4 is 4.74 Å². The van der Waals surface area contributed by atoms with E-state index in [1.807, 2.05) is 24.3 Å². The topological polar surface area (TPSA) is 44.8 Å². The van der Waals surface area contributed by atoms with Gasteiger partial charge in [0.2, 0.25) is 0 Å². The number of hydrogen-bond donors (Lipinski definition) is 0. The van der Waals surface area contributed by atoms with Crippen molar-refractivity contribution in [2.75, 3.05) is 34.0 Å². The third-order valence-corrected chi connectivity index (χ3v) is 2.55.